The summed E-state index contributed by atoms with van der Waals surface area (Å²) in [7, 11) is 1.55. The van der Waals surface area contributed by atoms with Gasteiger partial charge in [-0.05, 0) is 36.8 Å². The van der Waals surface area contributed by atoms with Gasteiger partial charge in [0.05, 0.1) is 29.3 Å². The van der Waals surface area contributed by atoms with Gasteiger partial charge in [-0.15, -0.1) is 0 Å². The highest BCUT2D eigenvalue weighted by atomic mass is 35.5. The number of anilines is 1. The zero-order valence-electron chi connectivity index (χ0n) is 17.7. The molecule has 0 fully saturated rings. The smallest absolute Gasteiger partial charge is 0.226 e. The minimum Gasteiger partial charge on any atom is -0.495 e. The summed E-state index contributed by atoms with van der Waals surface area (Å²) >= 11 is 6.17. The Morgan fingerprint density at radius 1 is 1.06 bits per heavy atom. The minimum atomic E-state index is -0.121. The fraction of sp³-hybridized carbons (Fsp3) is 0.160. The van der Waals surface area contributed by atoms with Crippen molar-refractivity contribution in [3.8, 4) is 5.75 Å². The van der Waals surface area contributed by atoms with E-state index < -0.39 is 0 Å². The molecule has 0 unspecified atom stereocenters. The zero-order valence-corrected chi connectivity index (χ0v) is 18.5. The number of fused-ring (bicyclic) bond motifs is 4. The molecule has 5 rings (SSSR count). The highest BCUT2D eigenvalue weighted by Crippen LogP contribution is 2.31. The van der Waals surface area contributed by atoms with Gasteiger partial charge in [0, 0.05) is 29.4 Å². The third-order valence-corrected chi connectivity index (χ3v) is 5.98. The van der Waals surface area contributed by atoms with Gasteiger partial charge in [0.15, 0.2) is 5.65 Å². The van der Waals surface area contributed by atoms with Crippen LogP contribution < -0.4 is 10.1 Å². The van der Waals surface area contributed by atoms with E-state index in [4.69, 9.17) is 26.3 Å². The molecule has 0 saturated carbocycles. The number of methoxy groups -OCH3 is 1. The molecule has 0 aliphatic heterocycles. The van der Waals surface area contributed by atoms with E-state index in [-0.39, 0.29) is 12.3 Å². The van der Waals surface area contributed by atoms with Crippen LogP contribution in [0.4, 0.5) is 5.69 Å². The van der Waals surface area contributed by atoms with Crippen LogP contribution in [-0.4, -0.2) is 27.6 Å². The van der Waals surface area contributed by atoms with E-state index in [0.29, 0.717) is 23.0 Å². The summed E-state index contributed by atoms with van der Waals surface area (Å²) in [6, 6.07) is 19.4. The molecule has 2 heterocycles. The van der Waals surface area contributed by atoms with E-state index in [2.05, 4.69) is 9.88 Å². The number of hydrogen-bond donors (Lipinski definition) is 1. The number of nitrogens with zero attached hydrogens (tertiary/aromatic N) is 3. The second-order valence-corrected chi connectivity index (χ2v) is 8.06. The maximum absolute atomic E-state index is 12.8. The summed E-state index contributed by atoms with van der Waals surface area (Å²) in [4.78, 5) is 22.5. The van der Waals surface area contributed by atoms with Crippen LogP contribution in [0.3, 0.4) is 0 Å². The van der Waals surface area contributed by atoms with Crippen LogP contribution in [0.1, 0.15) is 12.0 Å². The Bertz CT molecular complexity index is 1490. The third kappa shape index (κ3) is 3.52. The van der Waals surface area contributed by atoms with Crippen LogP contribution in [0.25, 0.3) is 33.1 Å². The van der Waals surface area contributed by atoms with E-state index in [1.807, 2.05) is 61.5 Å². The summed E-state index contributed by atoms with van der Waals surface area (Å²) in [5, 5.41) is 4.56. The number of hydrogen-bond acceptors (Lipinski definition) is 4. The predicted octanol–water partition coefficient (Wildman–Crippen LogP) is 5.74. The number of carbonyl (C=O) groups excluding carboxylic acids is 1. The van der Waals surface area contributed by atoms with Gasteiger partial charge in [-0.1, -0.05) is 41.9 Å². The average molecular weight is 445 g/mol. The van der Waals surface area contributed by atoms with Crippen molar-refractivity contribution in [2.24, 2.45) is 0 Å². The highest BCUT2D eigenvalue weighted by molar-refractivity contribution is 6.31. The van der Waals surface area contributed by atoms with Crippen molar-refractivity contribution in [3.05, 3.63) is 71.2 Å². The Kier molecular flexibility index (Phi) is 5.15. The average Bonchev–Trinajstić information content (AvgIpc) is 3.11. The number of aryl methyl sites for hydroxylation is 2. The minimum absolute atomic E-state index is 0.121. The maximum Gasteiger partial charge on any atom is 0.226 e. The zero-order chi connectivity index (χ0) is 22.2. The summed E-state index contributed by atoms with van der Waals surface area (Å²) in [6.45, 7) is 2.36. The Hall–Kier alpha value is -3.64. The molecule has 32 heavy (non-hydrogen) atoms. The molecule has 0 bridgehead atoms. The van der Waals surface area contributed by atoms with Gasteiger partial charge in [-0.3, -0.25) is 4.79 Å². The van der Waals surface area contributed by atoms with Crippen LogP contribution in [0.5, 0.6) is 5.75 Å². The van der Waals surface area contributed by atoms with E-state index in [1.165, 1.54) is 0 Å². The van der Waals surface area contributed by atoms with Crippen molar-refractivity contribution in [2.75, 3.05) is 12.4 Å². The predicted molar refractivity (Wildman–Crippen MR) is 129 cm³/mol. The quantitative estimate of drug-likeness (QED) is 0.375. The van der Waals surface area contributed by atoms with Gasteiger partial charge < -0.3 is 14.6 Å². The number of benzene rings is 3. The first-order chi connectivity index (χ1) is 15.5. The van der Waals surface area contributed by atoms with Crippen molar-refractivity contribution in [3.63, 3.8) is 0 Å². The first kappa shape index (κ1) is 20.3. The second-order valence-electron chi connectivity index (χ2n) is 7.65. The molecule has 6 nitrogen and oxygen atoms in total. The van der Waals surface area contributed by atoms with Crippen molar-refractivity contribution >= 4 is 56.3 Å². The molecule has 0 aliphatic carbocycles. The maximum atomic E-state index is 12.8. The standard InChI is InChI=1S/C25H21ClN4O2/c1-15-13-20(22(32-2)14-17(15)26)27-23(31)11-12-30-21-10-6-3-7-16(21)24-25(30)29-19-9-5-4-8-18(19)28-24/h3-10,13-14H,11-12H2,1-2H3,(H,27,31). The van der Waals surface area contributed by atoms with Gasteiger partial charge in [-0.25, -0.2) is 9.97 Å². The van der Waals surface area contributed by atoms with Crippen molar-refractivity contribution in [2.45, 2.75) is 19.9 Å². The van der Waals surface area contributed by atoms with Crippen LogP contribution in [0.15, 0.2) is 60.7 Å². The van der Waals surface area contributed by atoms with Gasteiger partial charge in [-0.2, -0.15) is 0 Å². The van der Waals surface area contributed by atoms with Gasteiger partial charge in [0.2, 0.25) is 5.91 Å². The molecule has 5 aromatic rings. The van der Waals surface area contributed by atoms with Crippen LogP contribution in [0, 0.1) is 6.92 Å². The number of rotatable bonds is 5. The lowest BCUT2D eigenvalue weighted by Gasteiger charge is -2.13. The lowest BCUT2D eigenvalue weighted by Crippen LogP contribution is -2.15. The molecule has 0 radical (unpaired) electrons. The molecule has 1 N–H and O–H groups in total. The second kappa shape index (κ2) is 8.13. The lowest BCUT2D eigenvalue weighted by atomic mass is 10.2. The number of carbonyl (C=O) groups is 1. The summed E-state index contributed by atoms with van der Waals surface area (Å²) < 4.78 is 7.43. The number of halogens is 1. The molecule has 0 spiro atoms. The number of aromatic nitrogens is 3. The first-order valence-corrected chi connectivity index (χ1v) is 10.7. The Morgan fingerprint density at radius 2 is 1.78 bits per heavy atom. The summed E-state index contributed by atoms with van der Waals surface area (Å²) in [5.74, 6) is 0.410. The largest absolute Gasteiger partial charge is 0.495 e. The number of para-hydroxylation sites is 3. The summed E-state index contributed by atoms with van der Waals surface area (Å²) in [5.41, 5.74) is 5.78. The monoisotopic (exact) mass is 444 g/mol. The van der Waals surface area contributed by atoms with E-state index in [0.717, 1.165) is 38.7 Å². The number of ether oxygens (including phenoxy) is 1. The molecule has 7 heteroatoms. The Balaban J connectivity index is 1.48. The fourth-order valence-corrected chi connectivity index (χ4v) is 4.12. The van der Waals surface area contributed by atoms with E-state index in [1.54, 1.807) is 13.2 Å². The SMILES string of the molecule is COc1cc(Cl)c(C)cc1NC(=O)CCn1c2ccccc2c2nc3ccccc3nc21. The lowest BCUT2D eigenvalue weighted by molar-refractivity contribution is -0.116. The van der Waals surface area contributed by atoms with Crippen LogP contribution >= 0.6 is 11.6 Å². The fourth-order valence-electron chi connectivity index (χ4n) is 3.97. The first-order valence-electron chi connectivity index (χ1n) is 10.3. The van der Waals surface area contributed by atoms with E-state index >= 15 is 0 Å². The summed E-state index contributed by atoms with van der Waals surface area (Å²) in [6.07, 6.45) is 0.271. The molecular weight excluding hydrogens is 424 g/mol. The van der Waals surface area contributed by atoms with Crippen molar-refractivity contribution in [1.82, 2.24) is 14.5 Å². The van der Waals surface area contributed by atoms with E-state index in [9.17, 15) is 4.79 Å². The van der Waals surface area contributed by atoms with Crippen LogP contribution in [0.2, 0.25) is 5.02 Å². The highest BCUT2D eigenvalue weighted by Gasteiger charge is 2.16. The Labute approximate surface area is 189 Å². The molecule has 0 atom stereocenters. The van der Waals surface area contributed by atoms with Gasteiger partial charge >= 0.3 is 0 Å². The molecule has 0 aliphatic rings. The van der Waals surface area contributed by atoms with Gasteiger partial charge in [0.1, 0.15) is 11.3 Å². The molecule has 1 amide bonds. The number of amides is 1. The van der Waals surface area contributed by atoms with Gasteiger partial charge in [0.25, 0.3) is 0 Å². The topological polar surface area (TPSA) is 69.0 Å². The molecule has 3 aromatic carbocycles. The van der Waals surface area contributed by atoms with Crippen molar-refractivity contribution < 1.29 is 9.53 Å². The Morgan fingerprint density at radius 3 is 2.56 bits per heavy atom. The van der Waals surface area contributed by atoms with Crippen LogP contribution in [-0.2, 0) is 11.3 Å². The van der Waals surface area contributed by atoms with Crippen molar-refractivity contribution in [1.29, 1.82) is 0 Å². The molecule has 2 aromatic heterocycles. The molecule has 160 valence electrons. The normalized spacial score (nSPS) is 11.3. The third-order valence-electron chi connectivity index (χ3n) is 5.58. The molecule has 0 saturated heterocycles. The molecular formula is C25H21ClN4O2. The number of nitrogens with one attached hydrogen (secondary N) is 1.